The van der Waals surface area contributed by atoms with Crippen LogP contribution in [0.4, 0.5) is 8.78 Å². The highest BCUT2D eigenvalue weighted by atomic mass is 79.9. The minimum atomic E-state index is -2.87. The number of alkyl halides is 3. The number of hydrogen-bond acceptors (Lipinski definition) is 4. The molecule has 0 spiro atoms. The van der Waals surface area contributed by atoms with Gasteiger partial charge in [-0.1, -0.05) is 15.9 Å². The topological polar surface area (TPSA) is 62.2 Å². The second kappa shape index (κ2) is 5.30. The molecule has 96 valence electrons. The molecule has 1 aromatic heterocycles. The summed E-state index contributed by atoms with van der Waals surface area (Å²) in [5.74, 6) is 0.0348. The summed E-state index contributed by atoms with van der Waals surface area (Å²) in [5.41, 5.74) is 1.23. The van der Waals surface area contributed by atoms with Gasteiger partial charge in [0.25, 0.3) is 5.69 Å². The standard InChI is InChI=1S/C10H7BrF2N2O3/c11-5-8-9(14-18-15(8)16)6-1-3-7(4-2-6)17-10(12)13/h1-4,10H,5H2. The van der Waals surface area contributed by atoms with Crippen molar-refractivity contribution in [1.82, 2.24) is 5.16 Å². The number of ether oxygens (including phenoxy) is 1. The zero-order chi connectivity index (χ0) is 13.1. The van der Waals surface area contributed by atoms with E-state index in [0.29, 0.717) is 17.0 Å². The predicted octanol–water partition coefficient (Wildman–Crippen LogP) is 2.47. The van der Waals surface area contributed by atoms with Gasteiger partial charge < -0.3 is 9.94 Å². The number of halogens is 3. The third kappa shape index (κ3) is 2.58. The third-order valence-electron chi connectivity index (χ3n) is 2.18. The molecule has 0 aliphatic heterocycles. The summed E-state index contributed by atoms with van der Waals surface area (Å²) in [7, 11) is 0. The fourth-order valence-electron chi connectivity index (χ4n) is 1.39. The Morgan fingerprint density at radius 1 is 1.39 bits per heavy atom. The molecule has 1 aromatic carbocycles. The number of benzene rings is 1. The van der Waals surface area contributed by atoms with Gasteiger partial charge in [-0.25, -0.2) is 0 Å². The maximum absolute atomic E-state index is 12.0. The SMILES string of the molecule is [O-][n+]1onc(-c2ccc(OC(F)F)cc2)c1CBr. The lowest BCUT2D eigenvalue weighted by molar-refractivity contribution is -0.807. The van der Waals surface area contributed by atoms with Gasteiger partial charge in [-0.15, -0.1) is 0 Å². The van der Waals surface area contributed by atoms with Crippen LogP contribution in [0.2, 0.25) is 0 Å². The lowest BCUT2D eigenvalue weighted by Crippen LogP contribution is -2.27. The Kier molecular flexibility index (Phi) is 3.75. The fourth-order valence-corrected chi connectivity index (χ4v) is 1.86. The van der Waals surface area contributed by atoms with Crippen molar-refractivity contribution in [2.45, 2.75) is 11.9 Å². The summed E-state index contributed by atoms with van der Waals surface area (Å²) in [6.45, 7) is -2.87. The van der Waals surface area contributed by atoms with E-state index in [2.05, 4.69) is 30.5 Å². The zero-order valence-corrected chi connectivity index (χ0v) is 10.4. The largest absolute Gasteiger partial charge is 0.435 e. The smallest absolute Gasteiger partial charge is 0.387 e. The van der Waals surface area contributed by atoms with Crippen LogP contribution in [0, 0.1) is 5.21 Å². The van der Waals surface area contributed by atoms with Gasteiger partial charge in [-0.05, 0) is 29.2 Å². The Labute approximate surface area is 109 Å². The number of hydrogen-bond donors (Lipinski definition) is 0. The van der Waals surface area contributed by atoms with Gasteiger partial charge in [0.05, 0.1) is 5.33 Å². The molecule has 0 aliphatic carbocycles. The first-order valence-electron chi connectivity index (χ1n) is 4.81. The highest BCUT2D eigenvalue weighted by Crippen LogP contribution is 2.24. The van der Waals surface area contributed by atoms with Crippen molar-refractivity contribution in [3.8, 4) is 17.0 Å². The molecule has 1 heterocycles. The minimum absolute atomic E-state index is 0.0348. The first-order valence-corrected chi connectivity index (χ1v) is 5.93. The van der Waals surface area contributed by atoms with Gasteiger partial charge >= 0.3 is 6.61 Å². The molecule has 0 radical (unpaired) electrons. The van der Waals surface area contributed by atoms with Crippen LogP contribution >= 0.6 is 15.9 Å². The Hall–Kier alpha value is -1.70. The molecule has 2 rings (SSSR count). The summed E-state index contributed by atoms with van der Waals surface area (Å²) >= 11 is 3.14. The van der Waals surface area contributed by atoms with E-state index < -0.39 is 6.61 Å². The van der Waals surface area contributed by atoms with E-state index in [1.54, 1.807) is 0 Å². The van der Waals surface area contributed by atoms with E-state index in [0.717, 1.165) is 0 Å². The van der Waals surface area contributed by atoms with Gasteiger partial charge in [0, 0.05) is 10.7 Å². The van der Waals surface area contributed by atoms with Gasteiger partial charge in [-0.3, -0.25) is 4.63 Å². The van der Waals surface area contributed by atoms with Crippen LogP contribution in [0.1, 0.15) is 5.69 Å². The molecular formula is C10H7BrF2N2O3. The molecule has 0 amide bonds. The van der Waals surface area contributed by atoms with E-state index in [9.17, 15) is 14.0 Å². The molecule has 0 aliphatic rings. The molecule has 0 N–H and O–H groups in total. The number of nitrogens with zero attached hydrogens (tertiary/aromatic N) is 2. The lowest BCUT2D eigenvalue weighted by atomic mass is 10.1. The first-order chi connectivity index (χ1) is 8.61. The van der Waals surface area contributed by atoms with Crippen molar-refractivity contribution in [3.05, 3.63) is 35.2 Å². The second-order valence-corrected chi connectivity index (χ2v) is 3.82. The molecule has 5 nitrogen and oxygen atoms in total. The zero-order valence-electron chi connectivity index (χ0n) is 8.85. The average molecular weight is 321 g/mol. The molecule has 0 unspecified atom stereocenters. The Bertz CT molecular complexity index is 530. The van der Waals surface area contributed by atoms with E-state index in [-0.39, 0.29) is 16.0 Å². The first kappa shape index (κ1) is 12.7. The molecule has 18 heavy (non-hydrogen) atoms. The molecule has 0 fully saturated rings. The van der Waals surface area contributed by atoms with E-state index in [4.69, 9.17) is 0 Å². The summed E-state index contributed by atoms with van der Waals surface area (Å²) in [6, 6.07) is 5.76. The summed E-state index contributed by atoms with van der Waals surface area (Å²) in [4.78, 5) is 0.285. The fraction of sp³-hybridized carbons (Fsp3) is 0.200. The van der Waals surface area contributed by atoms with Crippen LogP contribution in [0.15, 0.2) is 28.9 Å². The molecule has 2 aromatic rings. The molecular weight excluding hydrogens is 314 g/mol. The molecule has 8 heteroatoms. The Morgan fingerprint density at radius 2 is 2.06 bits per heavy atom. The van der Waals surface area contributed by atoms with Crippen LogP contribution in [0.5, 0.6) is 5.75 Å². The summed E-state index contributed by atoms with van der Waals surface area (Å²) < 4.78 is 32.6. The van der Waals surface area contributed by atoms with Gasteiger partial charge in [-0.2, -0.15) is 8.78 Å². The van der Waals surface area contributed by atoms with Gasteiger partial charge in [0.2, 0.25) is 5.69 Å². The van der Waals surface area contributed by atoms with Crippen molar-refractivity contribution in [2.24, 2.45) is 0 Å². The van der Waals surface area contributed by atoms with Crippen LogP contribution in [-0.4, -0.2) is 11.8 Å². The van der Waals surface area contributed by atoms with Crippen LogP contribution in [0.25, 0.3) is 11.3 Å². The Morgan fingerprint density at radius 3 is 2.61 bits per heavy atom. The predicted molar refractivity (Wildman–Crippen MR) is 60.2 cm³/mol. The van der Waals surface area contributed by atoms with E-state index >= 15 is 0 Å². The van der Waals surface area contributed by atoms with E-state index in [1.807, 2.05) is 0 Å². The van der Waals surface area contributed by atoms with Gasteiger partial charge in [0.15, 0.2) is 0 Å². The number of aromatic nitrogens is 2. The average Bonchev–Trinajstić information content (AvgIpc) is 2.70. The normalized spacial score (nSPS) is 10.9. The van der Waals surface area contributed by atoms with E-state index in [1.165, 1.54) is 24.3 Å². The molecule has 0 bridgehead atoms. The summed E-state index contributed by atoms with van der Waals surface area (Å²) in [6.07, 6.45) is 0. The third-order valence-corrected chi connectivity index (χ3v) is 2.71. The van der Waals surface area contributed by atoms with Crippen molar-refractivity contribution < 1.29 is 23.0 Å². The van der Waals surface area contributed by atoms with Gasteiger partial charge in [0.1, 0.15) is 5.75 Å². The summed E-state index contributed by atoms with van der Waals surface area (Å²) in [5, 5.41) is 15.1. The molecule has 0 atom stereocenters. The van der Waals surface area contributed by atoms with Crippen molar-refractivity contribution in [2.75, 3.05) is 0 Å². The van der Waals surface area contributed by atoms with Crippen molar-refractivity contribution >= 4 is 15.9 Å². The van der Waals surface area contributed by atoms with Crippen LogP contribution < -0.4 is 9.64 Å². The maximum Gasteiger partial charge on any atom is 0.387 e. The Balaban J connectivity index is 2.28. The van der Waals surface area contributed by atoms with Crippen molar-refractivity contribution in [1.29, 1.82) is 0 Å². The molecule has 0 saturated carbocycles. The minimum Gasteiger partial charge on any atom is -0.435 e. The lowest BCUT2D eigenvalue weighted by Gasteiger charge is -2.03. The second-order valence-electron chi connectivity index (χ2n) is 3.26. The maximum atomic E-state index is 12.0. The van der Waals surface area contributed by atoms with Crippen LogP contribution in [0.3, 0.4) is 0 Å². The highest BCUT2D eigenvalue weighted by molar-refractivity contribution is 9.08. The molecule has 0 saturated heterocycles. The quantitative estimate of drug-likeness (QED) is 0.641. The number of rotatable bonds is 4. The van der Waals surface area contributed by atoms with Crippen molar-refractivity contribution in [3.63, 3.8) is 0 Å². The van der Waals surface area contributed by atoms with Crippen LogP contribution in [-0.2, 0) is 5.33 Å². The highest BCUT2D eigenvalue weighted by Gasteiger charge is 2.19. The monoisotopic (exact) mass is 320 g/mol.